The molecule has 0 aromatic carbocycles. The Bertz CT molecular complexity index is 605. The maximum atomic E-state index is 10.4. The Morgan fingerprint density at radius 3 is 2.55 bits per heavy atom. The van der Waals surface area contributed by atoms with Crippen molar-refractivity contribution in [1.29, 1.82) is 0 Å². The fourth-order valence-corrected chi connectivity index (χ4v) is 8.12. The molecule has 9 unspecified atom stereocenters. The molecule has 1 radical (unpaired) electrons. The van der Waals surface area contributed by atoms with Gasteiger partial charge in [-0.1, -0.05) is 25.5 Å². The van der Waals surface area contributed by atoms with Crippen LogP contribution in [0.5, 0.6) is 0 Å². The second-order valence-electron chi connectivity index (χ2n) is 10.8. The van der Waals surface area contributed by atoms with E-state index in [1.807, 2.05) is 20.8 Å². The van der Waals surface area contributed by atoms with E-state index >= 15 is 0 Å². The largest absolute Gasteiger partial charge is 0.393 e. The molecule has 0 aromatic heterocycles. The molecule has 0 aromatic rings. The Morgan fingerprint density at radius 1 is 1.10 bits per heavy atom. The Hall–Kier alpha value is 1.06. The summed E-state index contributed by atoms with van der Waals surface area (Å²) in [6, 6.07) is 0. The molecule has 29 heavy (non-hydrogen) atoms. The topological polar surface area (TPSA) is 38.7 Å². The summed E-state index contributed by atoms with van der Waals surface area (Å²) in [6.45, 7) is 11.9. The molecule has 0 heterocycles. The number of hydrogen-bond donors (Lipinski definition) is 1. The number of fused-ring (bicyclic) bond motifs is 5. The van der Waals surface area contributed by atoms with Gasteiger partial charge in [0.15, 0.2) is 6.29 Å². The zero-order valence-corrected chi connectivity index (χ0v) is 24.1. The number of aliphatic hydroxyl groups is 1. The smallest absolute Gasteiger partial charge is 0.155 e. The number of hydrogen-bond acceptors (Lipinski definition) is 3. The normalized spacial score (nSPS) is 45.9. The zero-order chi connectivity index (χ0) is 20.1. The van der Waals surface area contributed by atoms with E-state index in [1.165, 1.54) is 38.5 Å². The molecule has 1 N–H and O–H groups in total. The minimum Gasteiger partial charge on any atom is -0.393 e. The Kier molecular flexibility index (Phi) is 8.10. The molecule has 0 spiro atoms. The second kappa shape index (κ2) is 9.51. The number of ether oxygens (including phenoxy) is 2. The van der Waals surface area contributed by atoms with Gasteiger partial charge in [-0.2, -0.15) is 0 Å². The average Bonchev–Trinajstić information content (AvgIpc) is 2.99. The first-order valence-electron chi connectivity index (χ1n) is 11.9. The summed E-state index contributed by atoms with van der Waals surface area (Å²) >= 11 is 0. The molecule has 0 saturated heterocycles. The number of allylic oxidation sites excluding steroid dienone is 1. The van der Waals surface area contributed by atoms with E-state index in [0.29, 0.717) is 29.5 Å². The quantitative estimate of drug-likeness (QED) is 0.317. The van der Waals surface area contributed by atoms with Crippen molar-refractivity contribution in [2.45, 2.75) is 104 Å². The van der Waals surface area contributed by atoms with Crippen LogP contribution in [0.3, 0.4) is 0 Å². The summed E-state index contributed by atoms with van der Waals surface area (Å²) in [6.07, 6.45) is 12.6. The summed E-state index contributed by atoms with van der Waals surface area (Å²) in [4.78, 5) is 0. The van der Waals surface area contributed by atoms with Crippen LogP contribution in [0.4, 0.5) is 0 Å². The fourth-order valence-electron chi connectivity index (χ4n) is 8.12. The molecule has 0 amide bonds. The average molecular weight is 618 g/mol. The molecular formula is C25H42AcO3. The van der Waals surface area contributed by atoms with Gasteiger partial charge in [-0.05, 0) is 107 Å². The van der Waals surface area contributed by atoms with Crippen LogP contribution in [-0.4, -0.2) is 30.2 Å². The summed E-state index contributed by atoms with van der Waals surface area (Å²) < 4.78 is 11.8. The zero-order valence-electron chi connectivity index (χ0n) is 19.3. The third-order valence-corrected chi connectivity index (χ3v) is 9.50. The number of rotatable bonds is 5. The SMILES string of the molecule is CCOC(C)OC1CCC2(C)C(=CCC3C2CCC2(C)C(C(C)O)CCC32)C1.[Ac]. The van der Waals surface area contributed by atoms with Gasteiger partial charge < -0.3 is 14.6 Å². The predicted molar refractivity (Wildman–Crippen MR) is 113 cm³/mol. The maximum Gasteiger partial charge on any atom is 0.155 e. The first kappa shape index (κ1) is 24.7. The monoisotopic (exact) mass is 617 g/mol. The van der Waals surface area contributed by atoms with Gasteiger partial charge in [0.25, 0.3) is 0 Å². The van der Waals surface area contributed by atoms with E-state index in [0.717, 1.165) is 30.6 Å². The standard InChI is InChI=1S/C25H42O3.Ac/c1-6-27-17(3)28-19-11-13-24(4)18(15-19)7-8-20-22-10-9-21(16(2)26)25(22,5)14-12-23(20)24;/h7,16-17,19-23,26H,6,8-15H2,1-5H3;. The predicted octanol–water partition coefficient (Wildman–Crippen LogP) is 5.71. The van der Waals surface area contributed by atoms with Crippen molar-refractivity contribution in [2.24, 2.45) is 34.5 Å². The summed E-state index contributed by atoms with van der Waals surface area (Å²) in [5.74, 6) is 2.94. The van der Waals surface area contributed by atoms with Gasteiger partial charge in [-0.25, -0.2) is 0 Å². The minimum atomic E-state index is -0.156. The van der Waals surface area contributed by atoms with Crippen molar-refractivity contribution in [3.05, 3.63) is 11.6 Å². The number of aliphatic hydroxyl groups excluding tert-OH is 1. The van der Waals surface area contributed by atoms with Crippen molar-refractivity contribution in [2.75, 3.05) is 6.61 Å². The maximum absolute atomic E-state index is 10.4. The fraction of sp³-hybridized carbons (Fsp3) is 0.920. The van der Waals surface area contributed by atoms with Crippen molar-refractivity contribution in [3.63, 3.8) is 0 Å². The van der Waals surface area contributed by atoms with Gasteiger partial charge in [0.05, 0.1) is 12.2 Å². The summed E-state index contributed by atoms with van der Waals surface area (Å²) in [5, 5.41) is 10.4. The molecule has 4 aliphatic carbocycles. The van der Waals surface area contributed by atoms with Crippen LogP contribution in [0, 0.1) is 78.6 Å². The molecule has 163 valence electrons. The minimum absolute atomic E-state index is 0. The first-order chi connectivity index (χ1) is 13.3. The van der Waals surface area contributed by atoms with Gasteiger partial charge in [0.2, 0.25) is 0 Å². The second-order valence-corrected chi connectivity index (χ2v) is 10.8. The van der Waals surface area contributed by atoms with Crippen LogP contribution >= 0.6 is 0 Å². The van der Waals surface area contributed by atoms with Crippen molar-refractivity contribution in [3.8, 4) is 0 Å². The van der Waals surface area contributed by atoms with Crippen LogP contribution in [0.1, 0.15) is 86.0 Å². The Labute approximate surface area is 214 Å². The van der Waals surface area contributed by atoms with Gasteiger partial charge in [-0.3, -0.25) is 0 Å². The van der Waals surface area contributed by atoms with Crippen molar-refractivity contribution in [1.82, 2.24) is 0 Å². The third-order valence-electron chi connectivity index (χ3n) is 9.50. The Balaban J connectivity index is 0.00000240. The van der Waals surface area contributed by atoms with Crippen molar-refractivity contribution >= 4 is 0 Å². The summed E-state index contributed by atoms with van der Waals surface area (Å²) in [5.41, 5.74) is 2.38. The molecule has 4 aliphatic rings. The van der Waals surface area contributed by atoms with E-state index in [2.05, 4.69) is 19.9 Å². The van der Waals surface area contributed by atoms with E-state index < -0.39 is 0 Å². The third kappa shape index (κ3) is 4.34. The van der Waals surface area contributed by atoms with Crippen LogP contribution in [0.15, 0.2) is 11.6 Å². The van der Waals surface area contributed by atoms with Gasteiger partial charge in [0.1, 0.15) is 0 Å². The van der Waals surface area contributed by atoms with Crippen LogP contribution < -0.4 is 0 Å². The van der Waals surface area contributed by atoms with Gasteiger partial charge in [-0.15, -0.1) is 0 Å². The molecule has 3 saturated carbocycles. The Morgan fingerprint density at radius 2 is 1.86 bits per heavy atom. The molecular weight excluding hydrogens is 575 g/mol. The van der Waals surface area contributed by atoms with E-state index in [-0.39, 0.29) is 56.5 Å². The van der Waals surface area contributed by atoms with Crippen LogP contribution in [0.2, 0.25) is 0 Å². The van der Waals surface area contributed by atoms with Crippen molar-refractivity contribution < 1.29 is 58.6 Å². The van der Waals surface area contributed by atoms with Gasteiger partial charge in [0, 0.05) is 50.7 Å². The molecule has 0 bridgehead atoms. The van der Waals surface area contributed by atoms with Gasteiger partial charge >= 0.3 is 0 Å². The molecule has 3 fully saturated rings. The first-order valence-corrected chi connectivity index (χ1v) is 11.9. The molecule has 4 heteroatoms. The van der Waals surface area contributed by atoms with E-state index in [1.54, 1.807) is 5.57 Å². The molecule has 0 aliphatic heterocycles. The molecule has 3 nitrogen and oxygen atoms in total. The van der Waals surface area contributed by atoms with Crippen LogP contribution in [-0.2, 0) is 9.47 Å². The van der Waals surface area contributed by atoms with E-state index in [4.69, 9.17) is 9.47 Å². The van der Waals surface area contributed by atoms with E-state index in [9.17, 15) is 5.11 Å². The van der Waals surface area contributed by atoms with Crippen LogP contribution in [0.25, 0.3) is 0 Å². The molecule has 4 rings (SSSR count). The molecule has 9 atom stereocenters. The summed E-state index contributed by atoms with van der Waals surface area (Å²) in [7, 11) is 0.